The molecular formula is C13H20N2O. The van der Waals surface area contributed by atoms with E-state index >= 15 is 0 Å². The van der Waals surface area contributed by atoms with E-state index in [1.165, 1.54) is 31.4 Å². The lowest BCUT2D eigenvalue weighted by molar-refractivity contribution is 0.0563. The Morgan fingerprint density at radius 1 is 1.19 bits per heavy atom. The monoisotopic (exact) mass is 220 g/mol. The van der Waals surface area contributed by atoms with Crippen LogP contribution in [0.15, 0.2) is 22.8 Å². The molecule has 1 aromatic heterocycles. The van der Waals surface area contributed by atoms with Crippen LogP contribution in [0.2, 0.25) is 0 Å². The van der Waals surface area contributed by atoms with Gasteiger partial charge in [0.05, 0.1) is 11.8 Å². The second kappa shape index (κ2) is 4.22. The topological polar surface area (TPSA) is 28.4 Å². The smallest absolute Gasteiger partial charge is 0.124 e. The lowest BCUT2D eigenvalue weighted by atomic mass is 9.91. The normalized spacial score (nSPS) is 26.0. The summed E-state index contributed by atoms with van der Waals surface area (Å²) in [4.78, 5) is 2.63. The van der Waals surface area contributed by atoms with E-state index in [1.807, 2.05) is 12.3 Å². The predicted octanol–water partition coefficient (Wildman–Crippen LogP) is 1.95. The van der Waals surface area contributed by atoms with Gasteiger partial charge >= 0.3 is 0 Å². The summed E-state index contributed by atoms with van der Waals surface area (Å²) in [5.74, 6) is 1.19. The minimum Gasteiger partial charge on any atom is -0.467 e. The zero-order valence-corrected chi connectivity index (χ0v) is 9.74. The molecule has 2 heterocycles. The molecule has 0 bridgehead atoms. The van der Waals surface area contributed by atoms with Crippen LogP contribution >= 0.6 is 0 Å². The molecule has 3 heteroatoms. The molecule has 1 saturated carbocycles. The van der Waals surface area contributed by atoms with Gasteiger partial charge in [0.15, 0.2) is 0 Å². The Labute approximate surface area is 96.8 Å². The first-order valence-corrected chi connectivity index (χ1v) is 6.42. The van der Waals surface area contributed by atoms with Crippen molar-refractivity contribution >= 4 is 0 Å². The number of hydrogen-bond acceptors (Lipinski definition) is 3. The highest BCUT2D eigenvalue weighted by atomic mass is 16.3. The van der Waals surface area contributed by atoms with Crippen LogP contribution in [-0.4, -0.2) is 31.1 Å². The molecule has 0 spiro atoms. The number of furan rings is 1. The van der Waals surface area contributed by atoms with Crippen LogP contribution in [0.5, 0.6) is 0 Å². The second-order valence-corrected chi connectivity index (χ2v) is 4.95. The fourth-order valence-corrected chi connectivity index (χ4v) is 3.31. The lowest BCUT2D eigenvalue weighted by Gasteiger charge is -2.42. The van der Waals surface area contributed by atoms with Crippen molar-refractivity contribution in [2.75, 3.05) is 26.2 Å². The van der Waals surface area contributed by atoms with Crippen LogP contribution in [0, 0.1) is 0 Å². The van der Waals surface area contributed by atoms with Crippen molar-refractivity contribution in [2.24, 2.45) is 0 Å². The van der Waals surface area contributed by atoms with E-state index in [0.29, 0.717) is 0 Å². The Morgan fingerprint density at radius 3 is 2.56 bits per heavy atom. The number of rotatable bonds is 2. The second-order valence-electron chi connectivity index (χ2n) is 4.95. The molecule has 0 aromatic carbocycles. The average molecular weight is 220 g/mol. The lowest BCUT2D eigenvalue weighted by Crippen LogP contribution is -2.53. The summed E-state index contributed by atoms with van der Waals surface area (Å²) < 4.78 is 5.71. The quantitative estimate of drug-likeness (QED) is 0.826. The van der Waals surface area contributed by atoms with Gasteiger partial charge in [-0.25, -0.2) is 0 Å². The molecule has 3 rings (SSSR count). The van der Waals surface area contributed by atoms with Gasteiger partial charge in [0.2, 0.25) is 0 Å². The standard InChI is InChI=1S/C13H20N2O/c1-2-6-13(5-1,12-4-3-11-16-12)15-9-7-14-8-10-15/h3-4,11,14H,1-2,5-10H2. The maximum atomic E-state index is 5.71. The molecule has 0 amide bonds. The Kier molecular flexibility index (Phi) is 2.74. The highest BCUT2D eigenvalue weighted by Crippen LogP contribution is 2.44. The Morgan fingerprint density at radius 2 is 1.94 bits per heavy atom. The fraction of sp³-hybridized carbons (Fsp3) is 0.692. The van der Waals surface area contributed by atoms with Gasteiger partial charge in [-0.3, -0.25) is 4.90 Å². The first kappa shape index (κ1) is 10.4. The van der Waals surface area contributed by atoms with Crippen LogP contribution < -0.4 is 5.32 Å². The molecule has 88 valence electrons. The molecule has 2 aliphatic rings. The molecule has 1 aliphatic carbocycles. The third-order valence-corrected chi connectivity index (χ3v) is 4.13. The zero-order valence-electron chi connectivity index (χ0n) is 9.74. The fourth-order valence-electron chi connectivity index (χ4n) is 3.31. The van der Waals surface area contributed by atoms with Crippen LogP contribution in [0.25, 0.3) is 0 Å². The average Bonchev–Trinajstić information content (AvgIpc) is 3.02. The first-order chi connectivity index (χ1) is 7.92. The van der Waals surface area contributed by atoms with E-state index in [2.05, 4.69) is 16.3 Å². The molecule has 0 unspecified atom stereocenters. The molecular weight excluding hydrogens is 200 g/mol. The molecule has 16 heavy (non-hydrogen) atoms. The van der Waals surface area contributed by atoms with E-state index in [1.54, 1.807) is 0 Å². The van der Waals surface area contributed by atoms with Crippen LogP contribution in [-0.2, 0) is 5.54 Å². The highest BCUT2D eigenvalue weighted by molar-refractivity contribution is 5.15. The maximum Gasteiger partial charge on any atom is 0.124 e. The van der Waals surface area contributed by atoms with Crippen LogP contribution in [0.3, 0.4) is 0 Å². The zero-order chi connectivity index (χ0) is 10.8. The molecule has 1 N–H and O–H groups in total. The number of nitrogens with one attached hydrogen (secondary N) is 1. The van der Waals surface area contributed by atoms with E-state index in [4.69, 9.17) is 4.42 Å². The Balaban J connectivity index is 1.90. The Bertz CT molecular complexity index is 322. The summed E-state index contributed by atoms with van der Waals surface area (Å²) in [6.07, 6.45) is 7.02. The van der Waals surface area contributed by atoms with Gasteiger partial charge in [0, 0.05) is 26.2 Å². The SMILES string of the molecule is c1coc(C2(N3CCNCC3)CCCC2)c1. The largest absolute Gasteiger partial charge is 0.467 e. The van der Waals surface area contributed by atoms with Crippen molar-refractivity contribution in [3.8, 4) is 0 Å². The van der Waals surface area contributed by atoms with E-state index in [0.717, 1.165) is 26.2 Å². The molecule has 2 fully saturated rings. The van der Waals surface area contributed by atoms with E-state index in [-0.39, 0.29) is 5.54 Å². The minimum atomic E-state index is 0.214. The van der Waals surface area contributed by atoms with Crippen LogP contribution in [0.4, 0.5) is 0 Å². The summed E-state index contributed by atoms with van der Waals surface area (Å²) in [6.45, 7) is 4.53. The van der Waals surface area contributed by atoms with Crippen molar-refractivity contribution in [1.29, 1.82) is 0 Å². The third kappa shape index (κ3) is 1.59. The highest BCUT2D eigenvalue weighted by Gasteiger charge is 2.43. The van der Waals surface area contributed by atoms with Crippen molar-refractivity contribution in [3.63, 3.8) is 0 Å². The van der Waals surface area contributed by atoms with Crippen molar-refractivity contribution in [2.45, 2.75) is 31.2 Å². The van der Waals surface area contributed by atoms with Gasteiger partial charge in [-0.2, -0.15) is 0 Å². The Hall–Kier alpha value is -0.800. The maximum absolute atomic E-state index is 5.71. The van der Waals surface area contributed by atoms with E-state index in [9.17, 15) is 0 Å². The van der Waals surface area contributed by atoms with Gasteiger partial charge in [0.25, 0.3) is 0 Å². The van der Waals surface area contributed by atoms with Crippen molar-refractivity contribution in [1.82, 2.24) is 10.2 Å². The molecule has 0 radical (unpaired) electrons. The summed E-state index contributed by atoms with van der Waals surface area (Å²) in [6, 6.07) is 4.19. The summed E-state index contributed by atoms with van der Waals surface area (Å²) in [5, 5.41) is 3.43. The molecule has 0 atom stereocenters. The van der Waals surface area contributed by atoms with Crippen molar-refractivity contribution < 1.29 is 4.42 Å². The van der Waals surface area contributed by atoms with E-state index < -0.39 is 0 Å². The van der Waals surface area contributed by atoms with Crippen molar-refractivity contribution in [3.05, 3.63) is 24.2 Å². The summed E-state index contributed by atoms with van der Waals surface area (Å²) in [5.41, 5.74) is 0.214. The van der Waals surface area contributed by atoms with Crippen LogP contribution in [0.1, 0.15) is 31.4 Å². The third-order valence-electron chi connectivity index (χ3n) is 4.13. The van der Waals surface area contributed by atoms with Gasteiger partial charge in [-0.05, 0) is 25.0 Å². The van der Waals surface area contributed by atoms with Gasteiger partial charge < -0.3 is 9.73 Å². The molecule has 3 nitrogen and oxygen atoms in total. The molecule has 1 saturated heterocycles. The van der Waals surface area contributed by atoms with Gasteiger partial charge in [-0.15, -0.1) is 0 Å². The molecule has 1 aliphatic heterocycles. The number of piperazine rings is 1. The summed E-state index contributed by atoms with van der Waals surface area (Å²) >= 11 is 0. The van der Waals surface area contributed by atoms with Gasteiger partial charge in [0.1, 0.15) is 5.76 Å². The predicted molar refractivity (Wildman–Crippen MR) is 63.3 cm³/mol. The molecule has 1 aromatic rings. The number of hydrogen-bond donors (Lipinski definition) is 1. The number of nitrogens with zero attached hydrogens (tertiary/aromatic N) is 1. The minimum absolute atomic E-state index is 0.214. The van der Waals surface area contributed by atoms with Gasteiger partial charge in [-0.1, -0.05) is 12.8 Å². The summed E-state index contributed by atoms with van der Waals surface area (Å²) in [7, 11) is 0. The first-order valence-electron chi connectivity index (χ1n) is 6.42.